The van der Waals surface area contributed by atoms with Crippen molar-refractivity contribution >= 4 is 16.8 Å². The lowest BCUT2D eigenvalue weighted by Gasteiger charge is -2.20. The average Bonchev–Trinajstić information content (AvgIpc) is 3.37. The van der Waals surface area contributed by atoms with E-state index in [0.29, 0.717) is 37.1 Å². The molecule has 1 atom stereocenters. The van der Waals surface area contributed by atoms with E-state index in [1.165, 1.54) is 12.1 Å². The summed E-state index contributed by atoms with van der Waals surface area (Å²) in [7, 11) is 1.63. The third-order valence-corrected chi connectivity index (χ3v) is 7.39. The molecule has 0 aliphatic heterocycles. The molecule has 5 nitrogen and oxygen atoms in total. The summed E-state index contributed by atoms with van der Waals surface area (Å²) in [6, 6.07) is 30.7. The van der Waals surface area contributed by atoms with Crippen LogP contribution >= 0.6 is 0 Å². The maximum atomic E-state index is 13.6. The van der Waals surface area contributed by atoms with Crippen LogP contribution in [0.2, 0.25) is 0 Å². The molecule has 5 aromatic rings. The van der Waals surface area contributed by atoms with Gasteiger partial charge in [0.05, 0.1) is 7.11 Å². The summed E-state index contributed by atoms with van der Waals surface area (Å²) >= 11 is 0. The highest BCUT2D eigenvalue weighted by Gasteiger charge is 2.24. The van der Waals surface area contributed by atoms with Crippen molar-refractivity contribution in [3.8, 4) is 11.5 Å². The number of methoxy groups -OCH3 is 1. The van der Waals surface area contributed by atoms with Gasteiger partial charge in [0.15, 0.2) is 11.5 Å². The average molecular weight is 565 g/mol. The van der Waals surface area contributed by atoms with Gasteiger partial charge in [-0.15, -0.1) is 0 Å². The Bertz CT molecular complexity index is 1630. The molecule has 6 heteroatoms. The molecule has 0 unspecified atom stereocenters. The normalized spacial score (nSPS) is 11.9. The summed E-state index contributed by atoms with van der Waals surface area (Å²) in [5, 5.41) is 4.17. The molecule has 1 heterocycles. The quantitative estimate of drug-likeness (QED) is 0.169. The fourth-order valence-electron chi connectivity index (χ4n) is 5.21. The number of para-hydroxylation sites is 1. The number of hydrogen-bond acceptors (Lipinski definition) is 3. The lowest BCUT2D eigenvalue weighted by Crippen LogP contribution is -2.28. The van der Waals surface area contributed by atoms with Gasteiger partial charge in [-0.2, -0.15) is 0 Å². The molecule has 0 spiro atoms. The standard InChI is InChI=1S/C36H37FN2O3/c1-25(2)21-38-36(40)20-31(28-15-18-34(41-3)35(19-28)42-24-27-9-5-4-6-10-27)32-23-39(33-12-8-7-11-30(32)33)22-26-13-16-29(37)17-14-26/h4-19,23,25,31H,20-22,24H2,1-3H3,(H,38,40)/t31-/m1/s1. The first-order valence-corrected chi connectivity index (χ1v) is 14.3. The number of amides is 1. The van der Waals surface area contributed by atoms with Crippen molar-refractivity contribution in [2.45, 2.75) is 39.3 Å². The Morgan fingerprint density at radius 3 is 2.36 bits per heavy atom. The highest BCUT2D eigenvalue weighted by molar-refractivity contribution is 5.87. The Labute approximate surface area is 246 Å². The smallest absolute Gasteiger partial charge is 0.220 e. The Morgan fingerprint density at radius 1 is 0.881 bits per heavy atom. The van der Waals surface area contributed by atoms with Crippen LogP contribution in [0.1, 0.15) is 48.4 Å². The van der Waals surface area contributed by atoms with E-state index in [0.717, 1.165) is 33.2 Å². The highest BCUT2D eigenvalue weighted by Crippen LogP contribution is 2.39. The fraction of sp³-hybridized carbons (Fsp3) is 0.250. The number of aromatic nitrogens is 1. The molecule has 0 radical (unpaired) electrons. The predicted molar refractivity (Wildman–Crippen MR) is 166 cm³/mol. The van der Waals surface area contributed by atoms with Crippen molar-refractivity contribution < 1.29 is 18.7 Å². The number of carbonyl (C=O) groups is 1. The molecule has 1 N–H and O–H groups in total. The molecule has 216 valence electrons. The Balaban J connectivity index is 1.55. The van der Waals surface area contributed by atoms with Gasteiger partial charge in [-0.05, 0) is 58.5 Å². The molecule has 0 aliphatic rings. The molecule has 0 saturated carbocycles. The van der Waals surface area contributed by atoms with E-state index in [1.807, 2.05) is 60.7 Å². The highest BCUT2D eigenvalue weighted by atomic mass is 19.1. The maximum absolute atomic E-state index is 13.6. The van der Waals surface area contributed by atoms with Crippen LogP contribution in [0.3, 0.4) is 0 Å². The van der Waals surface area contributed by atoms with Crippen molar-refractivity contribution in [3.05, 3.63) is 131 Å². The van der Waals surface area contributed by atoms with Gasteiger partial charge in [0, 0.05) is 42.5 Å². The third-order valence-electron chi connectivity index (χ3n) is 7.39. The zero-order valence-corrected chi connectivity index (χ0v) is 24.3. The lowest BCUT2D eigenvalue weighted by molar-refractivity contribution is -0.121. The number of hydrogen-bond donors (Lipinski definition) is 1. The second-order valence-corrected chi connectivity index (χ2v) is 11.0. The fourth-order valence-corrected chi connectivity index (χ4v) is 5.21. The number of fused-ring (bicyclic) bond motifs is 1. The van der Waals surface area contributed by atoms with Crippen molar-refractivity contribution in [2.75, 3.05) is 13.7 Å². The first kappa shape index (κ1) is 28.9. The van der Waals surface area contributed by atoms with Crippen molar-refractivity contribution in [2.24, 2.45) is 5.92 Å². The first-order valence-electron chi connectivity index (χ1n) is 14.3. The van der Waals surface area contributed by atoms with Crippen LogP contribution in [0, 0.1) is 11.7 Å². The molecule has 1 amide bonds. The van der Waals surface area contributed by atoms with Gasteiger partial charge >= 0.3 is 0 Å². The summed E-state index contributed by atoms with van der Waals surface area (Å²) in [5.74, 6) is 1.11. The monoisotopic (exact) mass is 564 g/mol. The number of ether oxygens (including phenoxy) is 2. The molecule has 42 heavy (non-hydrogen) atoms. The molecule has 0 saturated heterocycles. The zero-order valence-electron chi connectivity index (χ0n) is 24.3. The predicted octanol–water partition coefficient (Wildman–Crippen LogP) is 7.71. The molecule has 0 aliphatic carbocycles. The Hall–Kier alpha value is -4.58. The van der Waals surface area contributed by atoms with E-state index in [4.69, 9.17) is 9.47 Å². The molecular formula is C36H37FN2O3. The van der Waals surface area contributed by atoms with Gasteiger partial charge in [0.2, 0.25) is 5.91 Å². The molecular weight excluding hydrogens is 527 g/mol. The number of nitrogens with zero attached hydrogens (tertiary/aromatic N) is 1. The number of benzene rings is 4. The second kappa shape index (κ2) is 13.4. The maximum Gasteiger partial charge on any atom is 0.220 e. The van der Waals surface area contributed by atoms with Gasteiger partial charge in [0.1, 0.15) is 12.4 Å². The van der Waals surface area contributed by atoms with Gasteiger partial charge in [-0.3, -0.25) is 4.79 Å². The SMILES string of the molecule is COc1ccc([C@@H](CC(=O)NCC(C)C)c2cn(Cc3ccc(F)cc3)c3ccccc23)cc1OCc1ccccc1. The van der Waals surface area contributed by atoms with E-state index in [1.54, 1.807) is 19.2 Å². The Kier molecular flexibility index (Phi) is 9.22. The van der Waals surface area contributed by atoms with Gasteiger partial charge in [-0.1, -0.05) is 80.6 Å². The van der Waals surface area contributed by atoms with Crippen LogP contribution in [0.5, 0.6) is 11.5 Å². The topological polar surface area (TPSA) is 52.5 Å². The van der Waals surface area contributed by atoms with E-state index < -0.39 is 0 Å². The summed E-state index contributed by atoms with van der Waals surface area (Å²) in [6.07, 6.45) is 2.41. The van der Waals surface area contributed by atoms with E-state index >= 15 is 0 Å². The summed E-state index contributed by atoms with van der Waals surface area (Å²) in [4.78, 5) is 13.3. The van der Waals surface area contributed by atoms with Crippen LogP contribution in [0.25, 0.3) is 10.9 Å². The summed E-state index contributed by atoms with van der Waals surface area (Å²) in [6.45, 7) is 5.77. The minimum atomic E-state index is -0.255. The molecule has 0 bridgehead atoms. The third kappa shape index (κ3) is 7.00. The van der Waals surface area contributed by atoms with Crippen LogP contribution < -0.4 is 14.8 Å². The lowest BCUT2D eigenvalue weighted by atomic mass is 9.87. The van der Waals surface area contributed by atoms with Crippen LogP contribution in [0.15, 0.2) is 103 Å². The minimum absolute atomic E-state index is 0.00774. The van der Waals surface area contributed by atoms with Gasteiger partial charge in [0.25, 0.3) is 0 Å². The minimum Gasteiger partial charge on any atom is -0.493 e. The van der Waals surface area contributed by atoms with Crippen molar-refractivity contribution in [1.82, 2.24) is 9.88 Å². The largest absolute Gasteiger partial charge is 0.493 e. The second-order valence-electron chi connectivity index (χ2n) is 11.0. The van der Waals surface area contributed by atoms with Crippen LogP contribution in [0.4, 0.5) is 4.39 Å². The summed E-state index contributed by atoms with van der Waals surface area (Å²) in [5.41, 5.74) is 5.11. The van der Waals surface area contributed by atoms with Crippen molar-refractivity contribution in [1.29, 1.82) is 0 Å². The first-order chi connectivity index (χ1) is 20.4. The van der Waals surface area contributed by atoms with Crippen LogP contribution in [-0.4, -0.2) is 24.1 Å². The number of nitrogens with one attached hydrogen (secondary N) is 1. The Morgan fingerprint density at radius 2 is 1.62 bits per heavy atom. The van der Waals surface area contributed by atoms with Gasteiger partial charge in [-0.25, -0.2) is 4.39 Å². The zero-order chi connectivity index (χ0) is 29.5. The van der Waals surface area contributed by atoms with E-state index in [9.17, 15) is 9.18 Å². The number of halogens is 1. The molecule has 5 rings (SSSR count). The van der Waals surface area contributed by atoms with Crippen molar-refractivity contribution in [3.63, 3.8) is 0 Å². The number of carbonyl (C=O) groups excluding carboxylic acids is 1. The number of rotatable bonds is 12. The molecule has 1 aromatic heterocycles. The van der Waals surface area contributed by atoms with E-state index in [2.05, 4.69) is 42.1 Å². The molecule has 4 aromatic carbocycles. The van der Waals surface area contributed by atoms with E-state index in [-0.39, 0.29) is 24.1 Å². The summed E-state index contributed by atoms with van der Waals surface area (Å²) < 4.78 is 27.6. The van der Waals surface area contributed by atoms with Gasteiger partial charge < -0.3 is 19.4 Å². The molecule has 0 fully saturated rings. The van der Waals surface area contributed by atoms with Crippen LogP contribution in [-0.2, 0) is 17.9 Å².